The lowest BCUT2D eigenvalue weighted by molar-refractivity contribution is -0.129. The number of hydrogen-bond acceptors (Lipinski definition) is 4. The van der Waals surface area contributed by atoms with Crippen LogP contribution in [0.15, 0.2) is 0 Å². The van der Waals surface area contributed by atoms with Crippen LogP contribution in [-0.2, 0) is 19.0 Å². The summed E-state index contributed by atoms with van der Waals surface area (Å²) < 4.78 is 15.9. The summed E-state index contributed by atoms with van der Waals surface area (Å²) in [5, 5.41) is 0. The number of Topliss-reactive ketones (excluding diaryl/α,β-unsaturated/α-hetero) is 1. The van der Waals surface area contributed by atoms with Crippen LogP contribution < -0.4 is 0 Å². The zero-order valence-electron chi connectivity index (χ0n) is 10.5. The Kier molecular flexibility index (Phi) is 5.38. The van der Waals surface area contributed by atoms with Crippen molar-refractivity contribution in [2.75, 3.05) is 26.9 Å². The first-order valence-electron chi connectivity index (χ1n) is 5.80. The fourth-order valence-electron chi connectivity index (χ4n) is 1.68. The lowest BCUT2D eigenvalue weighted by Gasteiger charge is -2.21. The van der Waals surface area contributed by atoms with E-state index in [1.807, 2.05) is 13.8 Å². The minimum absolute atomic E-state index is 0.0739. The van der Waals surface area contributed by atoms with Crippen molar-refractivity contribution in [1.82, 2.24) is 0 Å². The van der Waals surface area contributed by atoms with Gasteiger partial charge in [-0.15, -0.1) is 0 Å². The molecular weight excluding hydrogens is 208 g/mol. The van der Waals surface area contributed by atoms with E-state index in [2.05, 4.69) is 0 Å². The Balaban J connectivity index is 2.10. The number of hydrogen-bond donors (Lipinski definition) is 0. The Morgan fingerprint density at radius 2 is 2.25 bits per heavy atom. The number of rotatable bonds is 7. The Bertz CT molecular complexity index is 219. The van der Waals surface area contributed by atoms with E-state index in [0.717, 1.165) is 19.4 Å². The average Bonchev–Trinajstić information content (AvgIpc) is 2.70. The normalized spacial score (nSPS) is 21.3. The van der Waals surface area contributed by atoms with Crippen molar-refractivity contribution in [2.24, 2.45) is 0 Å². The molecule has 0 saturated carbocycles. The molecule has 1 rings (SSSR count). The first-order valence-corrected chi connectivity index (χ1v) is 5.80. The van der Waals surface area contributed by atoms with Gasteiger partial charge in [0.25, 0.3) is 0 Å². The second kappa shape index (κ2) is 6.33. The van der Waals surface area contributed by atoms with Gasteiger partial charge in [-0.05, 0) is 26.7 Å². The van der Waals surface area contributed by atoms with E-state index in [1.165, 1.54) is 0 Å². The molecule has 16 heavy (non-hydrogen) atoms. The summed E-state index contributed by atoms with van der Waals surface area (Å²) in [4.78, 5) is 11.5. The van der Waals surface area contributed by atoms with Crippen LogP contribution in [0.3, 0.4) is 0 Å². The molecule has 4 nitrogen and oxygen atoms in total. The Morgan fingerprint density at radius 3 is 2.81 bits per heavy atom. The van der Waals surface area contributed by atoms with Crippen molar-refractivity contribution in [3.8, 4) is 0 Å². The van der Waals surface area contributed by atoms with Gasteiger partial charge >= 0.3 is 0 Å². The molecule has 0 N–H and O–H groups in total. The number of ketones is 1. The third kappa shape index (κ3) is 5.05. The number of ether oxygens (including phenoxy) is 3. The van der Waals surface area contributed by atoms with Crippen LogP contribution >= 0.6 is 0 Å². The molecule has 1 aliphatic heterocycles. The molecule has 1 aliphatic rings. The SMILES string of the molecule is COC(C)(C)CC(=O)COCC1CCCO1. The van der Waals surface area contributed by atoms with Crippen molar-refractivity contribution in [1.29, 1.82) is 0 Å². The van der Waals surface area contributed by atoms with E-state index in [1.54, 1.807) is 7.11 Å². The molecule has 4 heteroatoms. The van der Waals surface area contributed by atoms with Gasteiger partial charge in [0.1, 0.15) is 6.61 Å². The number of methoxy groups -OCH3 is 1. The Morgan fingerprint density at radius 1 is 1.50 bits per heavy atom. The van der Waals surface area contributed by atoms with Gasteiger partial charge in [-0.2, -0.15) is 0 Å². The van der Waals surface area contributed by atoms with Crippen LogP contribution in [0, 0.1) is 0 Å². The largest absolute Gasteiger partial charge is 0.378 e. The molecule has 0 radical (unpaired) electrons. The van der Waals surface area contributed by atoms with Crippen LogP contribution in [0.25, 0.3) is 0 Å². The van der Waals surface area contributed by atoms with Crippen LogP contribution in [-0.4, -0.2) is 44.4 Å². The molecule has 0 spiro atoms. The predicted molar refractivity (Wildman–Crippen MR) is 60.5 cm³/mol. The summed E-state index contributed by atoms with van der Waals surface area (Å²) in [6.07, 6.45) is 2.70. The number of carbonyl (C=O) groups is 1. The molecule has 1 atom stereocenters. The van der Waals surface area contributed by atoms with Crippen molar-refractivity contribution in [3.05, 3.63) is 0 Å². The van der Waals surface area contributed by atoms with Gasteiger partial charge in [0.2, 0.25) is 0 Å². The highest BCUT2D eigenvalue weighted by atomic mass is 16.5. The van der Waals surface area contributed by atoms with Crippen molar-refractivity contribution >= 4 is 5.78 Å². The minimum Gasteiger partial charge on any atom is -0.378 e. The highest BCUT2D eigenvalue weighted by Gasteiger charge is 2.21. The van der Waals surface area contributed by atoms with Gasteiger partial charge < -0.3 is 14.2 Å². The van der Waals surface area contributed by atoms with E-state index in [9.17, 15) is 4.79 Å². The van der Waals surface area contributed by atoms with E-state index >= 15 is 0 Å². The Hall–Kier alpha value is -0.450. The lowest BCUT2D eigenvalue weighted by atomic mass is 10.0. The van der Waals surface area contributed by atoms with Crippen LogP contribution in [0.2, 0.25) is 0 Å². The third-order valence-corrected chi connectivity index (χ3v) is 2.77. The standard InChI is InChI=1S/C12H22O4/c1-12(2,14-3)7-10(13)8-15-9-11-5-4-6-16-11/h11H,4-9H2,1-3H3. The molecule has 1 heterocycles. The fraction of sp³-hybridized carbons (Fsp3) is 0.917. The second-order valence-corrected chi connectivity index (χ2v) is 4.83. The first kappa shape index (κ1) is 13.6. The molecular formula is C12H22O4. The molecule has 1 saturated heterocycles. The topological polar surface area (TPSA) is 44.8 Å². The third-order valence-electron chi connectivity index (χ3n) is 2.77. The van der Waals surface area contributed by atoms with E-state index in [0.29, 0.717) is 13.0 Å². The molecule has 94 valence electrons. The predicted octanol–water partition coefficient (Wildman–Crippen LogP) is 1.57. The van der Waals surface area contributed by atoms with Gasteiger partial charge in [-0.3, -0.25) is 4.79 Å². The first-order chi connectivity index (χ1) is 7.53. The Labute approximate surface area is 97.2 Å². The zero-order valence-corrected chi connectivity index (χ0v) is 10.5. The summed E-state index contributed by atoms with van der Waals surface area (Å²) in [5.74, 6) is 0.0739. The van der Waals surface area contributed by atoms with Gasteiger partial charge in [-0.1, -0.05) is 0 Å². The fourth-order valence-corrected chi connectivity index (χ4v) is 1.68. The summed E-state index contributed by atoms with van der Waals surface area (Å²) >= 11 is 0. The van der Waals surface area contributed by atoms with Crippen molar-refractivity contribution in [3.63, 3.8) is 0 Å². The second-order valence-electron chi connectivity index (χ2n) is 4.83. The monoisotopic (exact) mass is 230 g/mol. The lowest BCUT2D eigenvalue weighted by Crippen LogP contribution is -2.29. The van der Waals surface area contributed by atoms with E-state index < -0.39 is 5.60 Å². The maximum Gasteiger partial charge on any atom is 0.161 e. The van der Waals surface area contributed by atoms with Crippen molar-refractivity contribution < 1.29 is 19.0 Å². The smallest absolute Gasteiger partial charge is 0.161 e. The van der Waals surface area contributed by atoms with Gasteiger partial charge in [0.15, 0.2) is 5.78 Å². The number of carbonyl (C=O) groups excluding carboxylic acids is 1. The molecule has 0 bridgehead atoms. The molecule has 1 fully saturated rings. The van der Waals surface area contributed by atoms with Gasteiger partial charge in [0.05, 0.1) is 18.3 Å². The van der Waals surface area contributed by atoms with Gasteiger partial charge in [-0.25, -0.2) is 0 Å². The van der Waals surface area contributed by atoms with Crippen LogP contribution in [0.1, 0.15) is 33.1 Å². The molecule has 1 unspecified atom stereocenters. The summed E-state index contributed by atoms with van der Waals surface area (Å²) in [6.45, 7) is 5.29. The maximum atomic E-state index is 11.5. The minimum atomic E-state index is -0.399. The molecule has 0 aromatic carbocycles. The highest BCUT2D eigenvalue weighted by molar-refractivity contribution is 5.80. The molecule has 0 aliphatic carbocycles. The molecule has 0 amide bonds. The van der Waals surface area contributed by atoms with E-state index in [4.69, 9.17) is 14.2 Å². The molecule has 0 aromatic heterocycles. The molecule has 0 aromatic rings. The average molecular weight is 230 g/mol. The van der Waals surface area contributed by atoms with Crippen molar-refractivity contribution in [2.45, 2.75) is 44.8 Å². The maximum absolute atomic E-state index is 11.5. The van der Waals surface area contributed by atoms with Gasteiger partial charge in [0, 0.05) is 20.1 Å². The summed E-state index contributed by atoms with van der Waals surface area (Å²) in [6, 6.07) is 0. The highest BCUT2D eigenvalue weighted by Crippen LogP contribution is 2.14. The van der Waals surface area contributed by atoms with Crippen LogP contribution in [0.5, 0.6) is 0 Å². The summed E-state index contributed by atoms with van der Waals surface area (Å²) in [5.41, 5.74) is -0.399. The van der Waals surface area contributed by atoms with E-state index in [-0.39, 0.29) is 18.5 Å². The zero-order chi connectivity index (χ0) is 12.0. The summed E-state index contributed by atoms with van der Waals surface area (Å²) in [7, 11) is 1.61. The quantitative estimate of drug-likeness (QED) is 0.666. The van der Waals surface area contributed by atoms with Crippen LogP contribution in [0.4, 0.5) is 0 Å².